The van der Waals surface area contributed by atoms with Crippen molar-refractivity contribution in [2.45, 2.75) is 89.9 Å². The average Bonchev–Trinajstić information content (AvgIpc) is 3.59. The van der Waals surface area contributed by atoms with E-state index in [1.54, 1.807) is 6.07 Å². The Morgan fingerprint density at radius 1 is 0.808 bits per heavy atom. The summed E-state index contributed by atoms with van der Waals surface area (Å²) >= 11 is 0. The number of oxazole rings is 1. The molecular weight excluding hydrogens is 822 g/mol. The van der Waals surface area contributed by atoms with Crippen molar-refractivity contribution in [3.63, 3.8) is 0 Å². The van der Waals surface area contributed by atoms with Gasteiger partial charge in [0.1, 0.15) is 11.3 Å². The van der Waals surface area contributed by atoms with E-state index in [-0.39, 0.29) is 32.2 Å². The van der Waals surface area contributed by atoms with Crippen LogP contribution < -0.4 is 0 Å². The molecule has 3 heterocycles. The Kier molecular flexibility index (Phi) is 9.06. The second kappa shape index (κ2) is 13.6. The fourth-order valence-electron chi connectivity index (χ4n) is 8.82. The fraction of sp³-hybridized carbons (Fsp3) is 0.326. The number of rotatable bonds is 4. The molecule has 1 spiro atoms. The van der Waals surface area contributed by atoms with Gasteiger partial charge in [0.15, 0.2) is 0 Å². The molecule has 0 bridgehead atoms. The van der Waals surface area contributed by atoms with Gasteiger partial charge in [0.25, 0.3) is 0 Å². The van der Waals surface area contributed by atoms with Gasteiger partial charge >= 0.3 is 0 Å². The third-order valence-electron chi connectivity index (χ3n) is 11.9. The second-order valence-corrected chi connectivity index (χ2v) is 16.2. The van der Waals surface area contributed by atoms with E-state index >= 15 is 0 Å². The number of pyridine rings is 2. The zero-order valence-corrected chi connectivity index (χ0v) is 32.4. The molecule has 2 aliphatic carbocycles. The van der Waals surface area contributed by atoms with Gasteiger partial charge in [-0.15, -0.1) is 18.2 Å². The molecule has 1 N–H and O–H groups in total. The van der Waals surface area contributed by atoms with Gasteiger partial charge in [-0.25, -0.2) is 4.98 Å². The number of nitrogens with zero attached hydrogens (tertiary/aromatic N) is 3. The van der Waals surface area contributed by atoms with Gasteiger partial charge in [0, 0.05) is 39.2 Å². The summed E-state index contributed by atoms with van der Waals surface area (Å²) in [5.74, 6) is 1.22. The number of hydrogen-bond acceptors (Lipinski definition) is 5. The molecule has 52 heavy (non-hydrogen) atoms. The quantitative estimate of drug-likeness (QED) is 0.141. The van der Waals surface area contributed by atoms with Crippen LogP contribution >= 0.6 is 0 Å². The van der Waals surface area contributed by atoms with Gasteiger partial charge in [-0.1, -0.05) is 93.4 Å². The van der Waals surface area contributed by atoms with Crippen molar-refractivity contribution in [3.05, 3.63) is 108 Å². The zero-order chi connectivity index (χ0) is 34.7. The number of fused-ring (bicyclic) bond motifs is 5. The summed E-state index contributed by atoms with van der Waals surface area (Å²) in [6.07, 6.45) is 16.4. The van der Waals surface area contributed by atoms with Crippen molar-refractivity contribution >= 4 is 32.8 Å². The Labute approximate surface area is 320 Å². The van der Waals surface area contributed by atoms with E-state index in [2.05, 4.69) is 63.2 Å². The van der Waals surface area contributed by atoms with E-state index < -0.39 is 0 Å². The smallest absolute Gasteiger partial charge is 0.230 e. The molecule has 0 atom stereocenters. The van der Waals surface area contributed by atoms with Crippen LogP contribution in [0, 0.1) is 11.5 Å². The van der Waals surface area contributed by atoms with Crippen molar-refractivity contribution in [1.29, 1.82) is 0 Å². The Bertz CT molecular complexity index is 2410. The molecule has 7 aromatic rings. The van der Waals surface area contributed by atoms with Crippen molar-refractivity contribution in [1.82, 2.24) is 15.0 Å². The van der Waals surface area contributed by atoms with Gasteiger partial charge in [0.2, 0.25) is 5.89 Å². The second-order valence-electron chi connectivity index (χ2n) is 16.2. The predicted octanol–water partition coefficient (Wildman–Crippen LogP) is 12.3. The van der Waals surface area contributed by atoms with Crippen LogP contribution in [0.1, 0.15) is 95.6 Å². The SMILES string of the molecule is CC(C)(C)c1ccc(-c2nc3c(ccc4cnc5ccc(-c6cc(-c7ccc(C8CCC9(CCCCC9)CC8)cc7)ccn6)[c-]c5c43)o2)c(O)c1.[Pt]. The first-order valence-electron chi connectivity index (χ1n) is 18.7. The molecule has 0 amide bonds. The number of benzene rings is 4. The maximum Gasteiger partial charge on any atom is 0.230 e. The van der Waals surface area contributed by atoms with E-state index in [0.717, 1.165) is 49.6 Å². The Hall–Kier alpha value is -4.34. The average molecular weight is 866 g/mol. The predicted molar refractivity (Wildman–Crippen MR) is 207 cm³/mol. The summed E-state index contributed by atoms with van der Waals surface area (Å²) in [5, 5.41) is 13.7. The van der Waals surface area contributed by atoms with E-state index in [1.165, 1.54) is 68.9 Å². The van der Waals surface area contributed by atoms with Gasteiger partial charge in [0.05, 0.1) is 11.1 Å². The Morgan fingerprint density at radius 3 is 2.35 bits per heavy atom. The minimum Gasteiger partial charge on any atom is -0.507 e. The van der Waals surface area contributed by atoms with E-state index in [9.17, 15) is 5.11 Å². The number of phenols is 1. The normalized spacial score (nSPS) is 16.4. The Morgan fingerprint density at radius 2 is 1.60 bits per heavy atom. The summed E-state index contributed by atoms with van der Waals surface area (Å²) < 4.78 is 6.25. The topological polar surface area (TPSA) is 72.0 Å². The third kappa shape index (κ3) is 6.36. The molecule has 4 aromatic carbocycles. The van der Waals surface area contributed by atoms with Crippen molar-refractivity contribution in [2.24, 2.45) is 5.41 Å². The molecule has 2 fully saturated rings. The van der Waals surface area contributed by atoms with Crippen LogP contribution in [-0.4, -0.2) is 20.1 Å². The molecule has 3 aromatic heterocycles. The maximum atomic E-state index is 11.0. The monoisotopic (exact) mass is 865 g/mol. The van der Waals surface area contributed by atoms with Crippen LogP contribution in [0.4, 0.5) is 0 Å². The maximum absolute atomic E-state index is 11.0. The molecule has 266 valence electrons. The Balaban J connectivity index is 0.00000387. The molecule has 6 heteroatoms. The number of aromatic hydroxyl groups is 1. The first-order chi connectivity index (χ1) is 24.7. The van der Waals surface area contributed by atoms with Crippen molar-refractivity contribution in [3.8, 4) is 39.6 Å². The molecule has 0 saturated heterocycles. The first kappa shape index (κ1) is 34.7. The van der Waals surface area contributed by atoms with Crippen LogP contribution in [0.3, 0.4) is 0 Å². The van der Waals surface area contributed by atoms with Crippen LogP contribution in [0.25, 0.3) is 66.6 Å². The van der Waals surface area contributed by atoms with Gasteiger partial charge in [-0.2, -0.15) is 0 Å². The van der Waals surface area contributed by atoms with Crippen LogP contribution in [-0.2, 0) is 26.5 Å². The molecule has 0 unspecified atom stereocenters. The summed E-state index contributed by atoms with van der Waals surface area (Å²) in [5.41, 5.74) is 9.95. The standard InChI is InChI=1S/C46H44N3O2.Pt/c1-45(2,3)35-13-14-36(40(50)27-35)44-49-43-41(51-44)16-12-34-28-48-38-15-11-33(25-37(38)42(34)43)39-26-32(19-24-47-39)30-9-7-29(8-10-30)31-17-22-46(23-18-31)20-5-4-6-21-46;/h7-16,19,24,26-28,31,50H,4-6,17-18,20-23H2,1-3H3;/q-1;. The van der Waals surface area contributed by atoms with Gasteiger partial charge in [-0.3, -0.25) is 9.97 Å². The van der Waals surface area contributed by atoms with Gasteiger partial charge < -0.3 is 9.52 Å². The molecular formula is C46H44N3O2Pt-. The van der Waals surface area contributed by atoms with E-state index in [1.807, 2.05) is 48.8 Å². The van der Waals surface area contributed by atoms with Crippen LogP contribution in [0.15, 0.2) is 95.7 Å². The summed E-state index contributed by atoms with van der Waals surface area (Å²) in [6.45, 7) is 6.38. The minimum atomic E-state index is -0.0844. The third-order valence-corrected chi connectivity index (χ3v) is 11.9. The van der Waals surface area contributed by atoms with Crippen molar-refractivity contribution in [2.75, 3.05) is 0 Å². The van der Waals surface area contributed by atoms with Gasteiger partial charge in [-0.05, 0) is 118 Å². The van der Waals surface area contributed by atoms with Crippen molar-refractivity contribution < 1.29 is 30.6 Å². The van der Waals surface area contributed by atoms with E-state index in [0.29, 0.717) is 28.4 Å². The number of aromatic nitrogens is 3. The summed E-state index contributed by atoms with van der Waals surface area (Å²) in [4.78, 5) is 14.5. The summed E-state index contributed by atoms with van der Waals surface area (Å²) in [6, 6.07) is 30.9. The number of hydrogen-bond donors (Lipinski definition) is 1. The summed E-state index contributed by atoms with van der Waals surface area (Å²) in [7, 11) is 0. The number of phenolic OH excluding ortho intramolecular Hbond substituents is 1. The molecule has 0 radical (unpaired) electrons. The molecule has 5 nitrogen and oxygen atoms in total. The van der Waals surface area contributed by atoms with Crippen LogP contribution in [0.5, 0.6) is 5.75 Å². The van der Waals surface area contributed by atoms with E-state index in [4.69, 9.17) is 19.4 Å². The minimum absolute atomic E-state index is 0. The fourth-order valence-corrected chi connectivity index (χ4v) is 8.82. The van der Waals surface area contributed by atoms with Crippen LogP contribution in [0.2, 0.25) is 0 Å². The molecule has 0 aliphatic heterocycles. The molecule has 9 rings (SSSR count). The molecule has 2 saturated carbocycles. The first-order valence-corrected chi connectivity index (χ1v) is 18.7. The largest absolute Gasteiger partial charge is 0.507 e. The molecule has 2 aliphatic rings. The zero-order valence-electron chi connectivity index (χ0n) is 30.1.